The van der Waals surface area contributed by atoms with Crippen LogP contribution in [0.15, 0.2) is 72.8 Å². The average Bonchev–Trinajstić information content (AvgIpc) is 3.04. The van der Waals surface area contributed by atoms with E-state index in [1.54, 1.807) is 0 Å². The van der Waals surface area contributed by atoms with Crippen LogP contribution in [0.4, 0.5) is 0 Å². The summed E-state index contributed by atoms with van der Waals surface area (Å²) in [6.07, 6.45) is 2.25. The molecule has 0 fully saturated rings. The first-order chi connectivity index (χ1) is 15.1. The van der Waals surface area contributed by atoms with Crippen molar-refractivity contribution in [2.24, 2.45) is 0 Å². The van der Waals surface area contributed by atoms with Crippen molar-refractivity contribution in [1.82, 2.24) is 9.88 Å². The molecular formula is C27H28Cl2N2. The van der Waals surface area contributed by atoms with Gasteiger partial charge in [-0.1, -0.05) is 91.1 Å². The minimum Gasteiger partial charge on any atom is -0.340 e. The van der Waals surface area contributed by atoms with E-state index in [0.717, 1.165) is 31.5 Å². The Hall–Kier alpha value is -2.26. The van der Waals surface area contributed by atoms with E-state index in [-0.39, 0.29) is 0 Å². The van der Waals surface area contributed by atoms with Gasteiger partial charge in [0.2, 0.25) is 0 Å². The van der Waals surface area contributed by atoms with Crippen LogP contribution in [0.1, 0.15) is 48.2 Å². The Morgan fingerprint density at radius 2 is 1.68 bits per heavy atom. The van der Waals surface area contributed by atoms with Crippen LogP contribution < -0.4 is 5.32 Å². The highest BCUT2D eigenvalue weighted by molar-refractivity contribution is 6.35. The maximum Gasteiger partial charge on any atom is 0.0493 e. The standard InChI is InChI=1S/C27H28Cl2N2/c1-3-9-26(20-10-5-4-6-11-20)30-17-24-19(2)31(27-13-8-7-12-23(24)27)18-21-14-15-22(28)16-25(21)29/h4-8,10-16,26,30H,3,9,17-18H2,1-2H3. The fourth-order valence-corrected chi connectivity index (χ4v) is 4.80. The molecule has 2 nitrogen and oxygen atoms in total. The minimum atomic E-state index is 0.346. The van der Waals surface area contributed by atoms with Crippen LogP contribution in [0.3, 0.4) is 0 Å². The highest BCUT2D eigenvalue weighted by Gasteiger charge is 2.17. The molecule has 3 aromatic carbocycles. The van der Waals surface area contributed by atoms with E-state index in [0.29, 0.717) is 16.1 Å². The summed E-state index contributed by atoms with van der Waals surface area (Å²) >= 11 is 12.6. The van der Waals surface area contributed by atoms with Gasteiger partial charge in [-0.25, -0.2) is 0 Å². The summed E-state index contributed by atoms with van der Waals surface area (Å²) in [4.78, 5) is 0. The SMILES string of the molecule is CCCC(NCc1c(C)n(Cc2ccc(Cl)cc2Cl)c2ccccc12)c1ccccc1. The number of para-hydroxylation sites is 1. The fraction of sp³-hybridized carbons (Fsp3) is 0.259. The topological polar surface area (TPSA) is 17.0 Å². The van der Waals surface area contributed by atoms with Crippen molar-refractivity contribution in [2.75, 3.05) is 0 Å². The normalized spacial score (nSPS) is 12.4. The van der Waals surface area contributed by atoms with Crippen LogP contribution in [0.25, 0.3) is 10.9 Å². The second-order valence-corrected chi connectivity index (χ2v) is 8.88. The first kappa shape index (κ1) is 22.0. The highest BCUT2D eigenvalue weighted by Crippen LogP contribution is 2.30. The summed E-state index contributed by atoms with van der Waals surface area (Å²) in [5, 5.41) is 6.49. The molecule has 0 saturated carbocycles. The molecule has 1 heterocycles. The second kappa shape index (κ2) is 9.91. The smallest absolute Gasteiger partial charge is 0.0493 e. The van der Waals surface area contributed by atoms with Crippen molar-refractivity contribution >= 4 is 34.1 Å². The first-order valence-corrected chi connectivity index (χ1v) is 11.6. The first-order valence-electron chi connectivity index (χ1n) is 10.9. The molecule has 4 heteroatoms. The molecule has 1 unspecified atom stereocenters. The van der Waals surface area contributed by atoms with E-state index in [1.807, 2.05) is 18.2 Å². The Bertz CT molecular complexity index is 1160. The molecule has 0 spiro atoms. The minimum absolute atomic E-state index is 0.346. The van der Waals surface area contributed by atoms with Gasteiger partial charge < -0.3 is 9.88 Å². The second-order valence-electron chi connectivity index (χ2n) is 8.04. The number of nitrogens with zero attached hydrogens (tertiary/aromatic N) is 1. The van der Waals surface area contributed by atoms with Crippen molar-refractivity contribution < 1.29 is 0 Å². The lowest BCUT2D eigenvalue weighted by Crippen LogP contribution is -2.21. The lowest BCUT2D eigenvalue weighted by atomic mass is 10.0. The maximum absolute atomic E-state index is 6.48. The third-order valence-corrected chi connectivity index (χ3v) is 6.60. The molecular weight excluding hydrogens is 423 g/mol. The molecule has 4 aromatic rings. The van der Waals surface area contributed by atoms with Gasteiger partial charge in [-0.3, -0.25) is 0 Å². The van der Waals surface area contributed by atoms with Gasteiger partial charge in [0.05, 0.1) is 0 Å². The van der Waals surface area contributed by atoms with Crippen molar-refractivity contribution in [3.8, 4) is 0 Å². The van der Waals surface area contributed by atoms with Crippen LogP contribution in [0, 0.1) is 6.92 Å². The van der Waals surface area contributed by atoms with Crippen LogP contribution >= 0.6 is 23.2 Å². The molecule has 0 aliphatic carbocycles. The van der Waals surface area contributed by atoms with Gasteiger partial charge in [0, 0.05) is 45.8 Å². The summed E-state index contributed by atoms with van der Waals surface area (Å²) in [5.41, 5.74) is 6.26. The molecule has 0 bridgehead atoms. The number of aromatic nitrogens is 1. The van der Waals surface area contributed by atoms with Crippen LogP contribution in [-0.2, 0) is 13.1 Å². The van der Waals surface area contributed by atoms with Gasteiger partial charge in [0.25, 0.3) is 0 Å². The number of benzene rings is 3. The third kappa shape index (κ3) is 4.82. The van der Waals surface area contributed by atoms with E-state index in [2.05, 4.69) is 78.3 Å². The lowest BCUT2D eigenvalue weighted by Gasteiger charge is -2.19. The third-order valence-electron chi connectivity index (χ3n) is 6.01. The van der Waals surface area contributed by atoms with Crippen molar-refractivity contribution in [1.29, 1.82) is 0 Å². The molecule has 0 aliphatic heterocycles. The maximum atomic E-state index is 6.48. The largest absolute Gasteiger partial charge is 0.340 e. The predicted molar refractivity (Wildman–Crippen MR) is 133 cm³/mol. The zero-order chi connectivity index (χ0) is 21.8. The molecule has 1 N–H and O–H groups in total. The quantitative estimate of drug-likeness (QED) is 0.288. The van der Waals surface area contributed by atoms with Crippen LogP contribution in [-0.4, -0.2) is 4.57 Å². The van der Waals surface area contributed by atoms with Gasteiger partial charge in [-0.2, -0.15) is 0 Å². The number of nitrogens with one attached hydrogen (secondary N) is 1. The number of fused-ring (bicyclic) bond motifs is 1. The summed E-state index contributed by atoms with van der Waals surface area (Å²) in [6.45, 7) is 6.00. The predicted octanol–water partition coefficient (Wildman–Crippen LogP) is 7.94. The van der Waals surface area contributed by atoms with Gasteiger partial charge in [0.1, 0.15) is 0 Å². The molecule has 0 saturated heterocycles. The Labute approximate surface area is 194 Å². The molecule has 0 amide bonds. The molecule has 160 valence electrons. The average molecular weight is 451 g/mol. The summed E-state index contributed by atoms with van der Waals surface area (Å²) < 4.78 is 2.36. The van der Waals surface area contributed by atoms with Gasteiger partial charge in [-0.15, -0.1) is 0 Å². The Morgan fingerprint density at radius 1 is 0.935 bits per heavy atom. The Balaban J connectivity index is 1.66. The summed E-state index contributed by atoms with van der Waals surface area (Å²) in [6, 6.07) is 25.4. The van der Waals surface area contributed by atoms with E-state index in [4.69, 9.17) is 23.2 Å². The lowest BCUT2D eigenvalue weighted by molar-refractivity contribution is 0.493. The molecule has 0 radical (unpaired) electrons. The molecule has 4 rings (SSSR count). The fourth-order valence-electron chi connectivity index (χ4n) is 4.34. The zero-order valence-corrected chi connectivity index (χ0v) is 19.5. The van der Waals surface area contributed by atoms with Crippen molar-refractivity contribution in [3.05, 3.63) is 105 Å². The summed E-state index contributed by atoms with van der Waals surface area (Å²) in [7, 11) is 0. The Kier molecular flexibility index (Phi) is 7.02. The monoisotopic (exact) mass is 450 g/mol. The Morgan fingerprint density at radius 3 is 2.42 bits per heavy atom. The number of hydrogen-bond acceptors (Lipinski definition) is 1. The van der Waals surface area contributed by atoms with Crippen LogP contribution in [0.5, 0.6) is 0 Å². The zero-order valence-electron chi connectivity index (χ0n) is 18.0. The molecule has 0 aliphatic rings. The van der Waals surface area contributed by atoms with E-state index < -0.39 is 0 Å². The molecule has 31 heavy (non-hydrogen) atoms. The number of rotatable bonds is 8. The highest BCUT2D eigenvalue weighted by atomic mass is 35.5. The summed E-state index contributed by atoms with van der Waals surface area (Å²) in [5.74, 6) is 0. The molecule has 1 aromatic heterocycles. The van der Waals surface area contributed by atoms with Crippen LogP contribution in [0.2, 0.25) is 10.0 Å². The number of halogens is 2. The van der Waals surface area contributed by atoms with Gasteiger partial charge in [-0.05, 0) is 48.2 Å². The van der Waals surface area contributed by atoms with Gasteiger partial charge in [0.15, 0.2) is 0 Å². The van der Waals surface area contributed by atoms with Crippen molar-refractivity contribution in [2.45, 2.75) is 45.8 Å². The van der Waals surface area contributed by atoms with Crippen molar-refractivity contribution in [3.63, 3.8) is 0 Å². The van der Waals surface area contributed by atoms with Gasteiger partial charge >= 0.3 is 0 Å². The molecule has 1 atom stereocenters. The number of hydrogen-bond donors (Lipinski definition) is 1. The van der Waals surface area contributed by atoms with E-state index in [1.165, 1.54) is 27.7 Å². The van der Waals surface area contributed by atoms with E-state index in [9.17, 15) is 0 Å². The van der Waals surface area contributed by atoms with E-state index >= 15 is 0 Å².